The van der Waals surface area contributed by atoms with Crippen molar-refractivity contribution < 1.29 is 13.2 Å². The van der Waals surface area contributed by atoms with Gasteiger partial charge in [-0.3, -0.25) is 4.79 Å². The molecule has 33 heavy (non-hydrogen) atoms. The Balaban J connectivity index is 1.56. The zero-order chi connectivity index (χ0) is 23.4. The summed E-state index contributed by atoms with van der Waals surface area (Å²) in [5.41, 5.74) is 2.29. The summed E-state index contributed by atoms with van der Waals surface area (Å²) in [5, 5.41) is 8.03. The van der Waals surface area contributed by atoms with Crippen LogP contribution in [0, 0.1) is 0 Å². The summed E-state index contributed by atoms with van der Waals surface area (Å²) >= 11 is 1.60. The first-order chi connectivity index (χ1) is 15.8. The van der Waals surface area contributed by atoms with Crippen LogP contribution in [0.3, 0.4) is 0 Å². The summed E-state index contributed by atoms with van der Waals surface area (Å²) in [4.78, 5) is 18.5. The van der Waals surface area contributed by atoms with E-state index in [-0.39, 0.29) is 29.0 Å². The monoisotopic (exact) mass is 483 g/mol. The number of benzene rings is 1. The van der Waals surface area contributed by atoms with E-state index in [2.05, 4.69) is 20.3 Å². The second-order valence-corrected chi connectivity index (χ2v) is 10.6. The van der Waals surface area contributed by atoms with Crippen LogP contribution >= 0.6 is 11.3 Å². The first-order valence-electron chi connectivity index (χ1n) is 10.4. The second kappa shape index (κ2) is 9.74. The molecule has 0 saturated heterocycles. The molecule has 0 atom stereocenters. The van der Waals surface area contributed by atoms with Crippen LogP contribution in [0.4, 0.5) is 5.69 Å². The number of pyridine rings is 1. The Kier molecular flexibility index (Phi) is 6.77. The lowest BCUT2D eigenvalue weighted by atomic mass is 10.2. The molecule has 4 rings (SSSR count). The maximum atomic E-state index is 12.9. The average molecular weight is 484 g/mol. The summed E-state index contributed by atoms with van der Waals surface area (Å²) in [6.45, 7) is 4.25. The number of aromatic nitrogens is 2. The molecule has 10 heteroatoms. The van der Waals surface area contributed by atoms with Gasteiger partial charge >= 0.3 is 0 Å². The molecule has 4 aromatic rings. The van der Waals surface area contributed by atoms with Crippen molar-refractivity contribution in [1.82, 2.24) is 19.4 Å². The number of nitrogens with zero attached hydrogens (tertiary/aromatic N) is 2. The summed E-state index contributed by atoms with van der Waals surface area (Å²) in [5.74, 6) is -0.382. The molecule has 0 fully saturated rings. The number of amides is 1. The minimum atomic E-state index is -3.78. The van der Waals surface area contributed by atoms with Crippen molar-refractivity contribution in [3.63, 3.8) is 0 Å². The lowest BCUT2D eigenvalue weighted by molar-refractivity contribution is 0.0950. The fourth-order valence-corrected chi connectivity index (χ4v) is 5.28. The fraction of sp³-hybridized carbons (Fsp3) is 0.217. The van der Waals surface area contributed by atoms with E-state index in [1.807, 2.05) is 52.5 Å². The molecule has 0 bridgehead atoms. The third-order valence-corrected chi connectivity index (χ3v) is 7.28. The lowest BCUT2D eigenvalue weighted by Crippen LogP contribution is -2.30. The number of carbonyl (C=O) groups is 1. The van der Waals surface area contributed by atoms with Crippen LogP contribution in [0.25, 0.3) is 5.65 Å². The van der Waals surface area contributed by atoms with Crippen molar-refractivity contribution in [3.8, 4) is 0 Å². The molecule has 0 saturated carbocycles. The van der Waals surface area contributed by atoms with Gasteiger partial charge in [0, 0.05) is 41.1 Å². The van der Waals surface area contributed by atoms with Crippen molar-refractivity contribution in [2.45, 2.75) is 37.9 Å². The standard InChI is InChI=1S/C23H25N5O3S2/c1-16(2)27-33(30,31)21-11-17(10-18(12-21)24-14-20-6-5-9-32-20)23(29)25-13-19-15-28-8-4-3-7-22(28)26-19/h3-12,15-16,24,27H,13-14H2,1-2H3,(H,25,29). The largest absolute Gasteiger partial charge is 0.380 e. The molecular weight excluding hydrogens is 458 g/mol. The molecule has 172 valence electrons. The maximum absolute atomic E-state index is 12.9. The number of sulfonamides is 1. The smallest absolute Gasteiger partial charge is 0.251 e. The van der Waals surface area contributed by atoms with E-state index >= 15 is 0 Å². The van der Waals surface area contributed by atoms with Crippen molar-refractivity contribution in [1.29, 1.82) is 0 Å². The number of imidazole rings is 1. The highest BCUT2D eigenvalue weighted by molar-refractivity contribution is 7.89. The van der Waals surface area contributed by atoms with Crippen molar-refractivity contribution in [3.05, 3.63) is 82.4 Å². The number of fused-ring (bicyclic) bond motifs is 1. The molecule has 3 heterocycles. The Morgan fingerprint density at radius 3 is 2.70 bits per heavy atom. The number of carbonyl (C=O) groups excluding carboxylic acids is 1. The number of hydrogen-bond acceptors (Lipinski definition) is 6. The molecule has 1 amide bonds. The quantitative estimate of drug-likeness (QED) is 0.337. The van der Waals surface area contributed by atoms with Crippen LogP contribution in [0.5, 0.6) is 0 Å². The van der Waals surface area contributed by atoms with Gasteiger partial charge in [0.2, 0.25) is 10.0 Å². The van der Waals surface area contributed by atoms with Gasteiger partial charge in [-0.25, -0.2) is 18.1 Å². The molecule has 8 nitrogen and oxygen atoms in total. The molecule has 0 aliphatic carbocycles. The summed E-state index contributed by atoms with van der Waals surface area (Å²) < 4.78 is 30.0. The van der Waals surface area contributed by atoms with Gasteiger partial charge in [-0.15, -0.1) is 11.3 Å². The topological polar surface area (TPSA) is 105 Å². The molecule has 0 aliphatic rings. The van der Waals surface area contributed by atoms with Gasteiger partial charge in [-0.2, -0.15) is 0 Å². The summed E-state index contributed by atoms with van der Waals surface area (Å²) in [7, 11) is -3.78. The van der Waals surface area contributed by atoms with Gasteiger partial charge in [0.25, 0.3) is 5.91 Å². The number of hydrogen-bond donors (Lipinski definition) is 3. The first-order valence-corrected chi connectivity index (χ1v) is 12.8. The Morgan fingerprint density at radius 2 is 1.97 bits per heavy atom. The second-order valence-electron chi connectivity index (χ2n) is 7.84. The Hall–Kier alpha value is -3.21. The summed E-state index contributed by atoms with van der Waals surface area (Å²) in [6.07, 6.45) is 3.73. The minimum absolute atomic E-state index is 0.0326. The molecule has 3 N–H and O–H groups in total. The summed E-state index contributed by atoms with van der Waals surface area (Å²) in [6, 6.07) is 13.9. The van der Waals surface area contributed by atoms with Crippen LogP contribution < -0.4 is 15.4 Å². The van der Waals surface area contributed by atoms with Gasteiger partial charge in [0.1, 0.15) is 5.65 Å². The Bertz CT molecular complexity index is 1330. The Morgan fingerprint density at radius 1 is 1.12 bits per heavy atom. The molecular formula is C23H25N5O3S2. The predicted molar refractivity (Wildman–Crippen MR) is 130 cm³/mol. The highest BCUT2D eigenvalue weighted by atomic mass is 32.2. The average Bonchev–Trinajstić information content (AvgIpc) is 3.44. The van der Waals surface area contributed by atoms with Crippen LogP contribution in [-0.4, -0.2) is 29.8 Å². The molecule has 0 spiro atoms. The van der Waals surface area contributed by atoms with Gasteiger partial charge in [0.15, 0.2) is 0 Å². The fourth-order valence-electron chi connectivity index (χ4n) is 3.31. The minimum Gasteiger partial charge on any atom is -0.380 e. The van der Waals surface area contributed by atoms with Gasteiger partial charge in [0.05, 0.1) is 17.1 Å². The highest BCUT2D eigenvalue weighted by Crippen LogP contribution is 2.21. The number of nitrogens with one attached hydrogen (secondary N) is 3. The first kappa shape index (κ1) is 23.0. The molecule has 1 aromatic carbocycles. The van der Waals surface area contributed by atoms with E-state index in [0.29, 0.717) is 17.9 Å². The van der Waals surface area contributed by atoms with Gasteiger partial charge in [-0.1, -0.05) is 12.1 Å². The zero-order valence-electron chi connectivity index (χ0n) is 18.3. The number of anilines is 1. The maximum Gasteiger partial charge on any atom is 0.251 e. The van der Waals surface area contributed by atoms with E-state index in [1.54, 1.807) is 31.3 Å². The van der Waals surface area contributed by atoms with Gasteiger partial charge < -0.3 is 15.0 Å². The van der Waals surface area contributed by atoms with Gasteiger partial charge in [-0.05, 0) is 55.6 Å². The van der Waals surface area contributed by atoms with E-state index < -0.39 is 10.0 Å². The third-order valence-electron chi connectivity index (χ3n) is 4.76. The van der Waals surface area contributed by atoms with Crippen LogP contribution in [-0.2, 0) is 23.1 Å². The SMILES string of the molecule is CC(C)NS(=O)(=O)c1cc(NCc2cccs2)cc(C(=O)NCc2cn3ccccc3n2)c1. The molecule has 0 radical (unpaired) electrons. The van der Waals surface area contributed by atoms with Crippen LogP contribution in [0.1, 0.15) is 34.8 Å². The normalized spacial score (nSPS) is 11.7. The van der Waals surface area contributed by atoms with Crippen LogP contribution in [0.2, 0.25) is 0 Å². The number of thiophene rings is 1. The van der Waals surface area contributed by atoms with Crippen LogP contribution in [0.15, 0.2) is 71.2 Å². The van der Waals surface area contributed by atoms with Crippen molar-refractivity contribution >= 4 is 38.6 Å². The number of rotatable bonds is 9. The lowest BCUT2D eigenvalue weighted by Gasteiger charge is -2.14. The van der Waals surface area contributed by atoms with E-state index in [1.165, 1.54) is 12.1 Å². The van der Waals surface area contributed by atoms with E-state index in [9.17, 15) is 13.2 Å². The van der Waals surface area contributed by atoms with Crippen molar-refractivity contribution in [2.75, 3.05) is 5.32 Å². The highest BCUT2D eigenvalue weighted by Gasteiger charge is 2.19. The third kappa shape index (κ3) is 5.78. The molecule has 3 aromatic heterocycles. The zero-order valence-corrected chi connectivity index (χ0v) is 19.9. The molecule has 0 unspecified atom stereocenters. The van der Waals surface area contributed by atoms with E-state index in [4.69, 9.17) is 0 Å². The Labute approximate surface area is 196 Å². The van der Waals surface area contributed by atoms with E-state index in [0.717, 1.165) is 10.5 Å². The molecule has 0 aliphatic heterocycles. The van der Waals surface area contributed by atoms with Crippen molar-refractivity contribution in [2.24, 2.45) is 0 Å². The predicted octanol–water partition coefficient (Wildman–Crippen LogP) is 3.62.